The van der Waals surface area contributed by atoms with Gasteiger partial charge in [0, 0.05) is 23.5 Å². The molecule has 28 heavy (non-hydrogen) atoms. The molecule has 0 aliphatic rings. The van der Waals surface area contributed by atoms with Crippen LogP contribution in [0.15, 0.2) is 90.3 Å². The summed E-state index contributed by atoms with van der Waals surface area (Å²) in [6.45, 7) is 0. The van der Waals surface area contributed by atoms with Gasteiger partial charge in [0.1, 0.15) is 11.5 Å². The van der Waals surface area contributed by atoms with Crippen molar-refractivity contribution in [3.8, 4) is 16.2 Å². The molecule has 1 N–H and O–H groups in total. The van der Waals surface area contributed by atoms with Crippen LogP contribution in [0.25, 0.3) is 10.4 Å². The Morgan fingerprint density at radius 1 is 0.929 bits per heavy atom. The molecule has 2 aromatic carbocycles. The summed E-state index contributed by atoms with van der Waals surface area (Å²) in [5, 5.41) is 5.30. The van der Waals surface area contributed by atoms with Crippen LogP contribution >= 0.6 is 11.3 Å². The van der Waals surface area contributed by atoms with Crippen LogP contribution in [0.4, 0.5) is 5.13 Å². The number of pyridine rings is 1. The fraction of sp³-hybridized carbons (Fsp3) is 0.0455. The summed E-state index contributed by atoms with van der Waals surface area (Å²) in [6, 6.07) is 23.6. The first kappa shape index (κ1) is 17.9. The number of benzene rings is 2. The summed E-state index contributed by atoms with van der Waals surface area (Å²) in [6.07, 6.45) is 3.58. The monoisotopic (exact) mass is 386 g/mol. The average Bonchev–Trinajstić information content (AvgIpc) is 3.24. The highest BCUT2D eigenvalue weighted by molar-refractivity contribution is 7.18. The van der Waals surface area contributed by atoms with Gasteiger partial charge in [-0.15, -0.1) is 0 Å². The lowest BCUT2D eigenvalue weighted by atomic mass is 10.1. The van der Waals surface area contributed by atoms with Gasteiger partial charge in [0.25, 0.3) is 0 Å². The van der Waals surface area contributed by atoms with E-state index in [0.29, 0.717) is 5.13 Å². The number of hydrogen-bond donors (Lipinski definition) is 1. The highest BCUT2D eigenvalue weighted by atomic mass is 32.1. The van der Waals surface area contributed by atoms with Gasteiger partial charge in [0.15, 0.2) is 0 Å². The zero-order valence-electron chi connectivity index (χ0n) is 15.2. The summed E-state index contributed by atoms with van der Waals surface area (Å²) >= 11 is 1.52. The average molecular weight is 386 g/mol. The van der Waals surface area contributed by atoms with Crippen molar-refractivity contribution < 1.29 is 4.74 Å². The van der Waals surface area contributed by atoms with Crippen molar-refractivity contribution >= 4 is 22.2 Å². The van der Waals surface area contributed by atoms with Gasteiger partial charge in [-0.3, -0.25) is 10.4 Å². The zero-order chi connectivity index (χ0) is 19.2. The van der Waals surface area contributed by atoms with Crippen LogP contribution in [0.5, 0.6) is 5.75 Å². The van der Waals surface area contributed by atoms with E-state index in [2.05, 4.69) is 20.5 Å². The van der Waals surface area contributed by atoms with Crippen molar-refractivity contribution in [2.24, 2.45) is 5.10 Å². The number of hydrogen-bond acceptors (Lipinski definition) is 6. The molecular weight excluding hydrogens is 368 g/mol. The molecule has 0 amide bonds. The second kappa shape index (κ2) is 8.45. The molecule has 0 aliphatic carbocycles. The predicted octanol–water partition coefficient (Wildman–Crippen LogP) is 5.08. The maximum atomic E-state index is 5.45. The Labute approximate surface area is 167 Å². The third kappa shape index (κ3) is 3.92. The number of ether oxygens (including phenoxy) is 1. The van der Waals surface area contributed by atoms with E-state index in [1.165, 1.54) is 11.3 Å². The van der Waals surface area contributed by atoms with E-state index in [1.807, 2.05) is 79.0 Å². The second-order valence-electron chi connectivity index (χ2n) is 5.88. The van der Waals surface area contributed by atoms with Crippen LogP contribution in [-0.2, 0) is 0 Å². The highest BCUT2D eigenvalue weighted by Gasteiger charge is 2.11. The van der Waals surface area contributed by atoms with Crippen LogP contribution in [0.2, 0.25) is 0 Å². The minimum Gasteiger partial charge on any atom is -0.496 e. The van der Waals surface area contributed by atoms with Gasteiger partial charge in [-0.25, -0.2) is 4.98 Å². The number of anilines is 1. The molecule has 0 fully saturated rings. The number of aromatic nitrogens is 2. The lowest BCUT2D eigenvalue weighted by molar-refractivity contribution is 0.416. The third-order valence-corrected chi connectivity index (χ3v) is 5.03. The standard InChI is InChI=1S/C22H18N4OS/c1-27-19-13-6-5-11-17(19)20-15-24-22(28-20)26-25-21(16-9-3-2-4-10-16)18-12-7-8-14-23-18/h2-15H,1H3,(H,24,26)/b25-21+. The summed E-state index contributed by atoms with van der Waals surface area (Å²) in [4.78, 5) is 9.90. The van der Waals surface area contributed by atoms with Gasteiger partial charge in [-0.1, -0.05) is 59.9 Å². The minimum absolute atomic E-state index is 0.699. The van der Waals surface area contributed by atoms with E-state index in [4.69, 9.17) is 4.74 Å². The lowest BCUT2D eigenvalue weighted by Gasteiger charge is -2.06. The van der Waals surface area contributed by atoms with Crippen LogP contribution in [0.1, 0.15) is 11.3 Å². The highest BCUT2D eigenvalue weighted by Crippen LogP contribution is 2.35. The molecule has 0 bridgehead atoms. The summed E-state index contributed by atoms with van der Waals surface area (Å²) in [7, 11) is 1.67. The van der Waals surface area contributed by atoms with E-state index in [0.717, 1.165) is 33.2 Å². The molecule has 0 aliphatic heterocycles. The van der Waals surface area contributed by atoms with Gasteiger partial charge in [0.05, 0.1) is 17.7 Å². The molecular formula is C22H18N4OS. The van der Waals surface area contributed by atoms with Gasteiger partial charge >= 0.3 is 0 Å². The smallest absolute Gasteiger partial charge is 0.203 e. The van der Waals surface area contributed by atoms with Gasteiger partial charge in [-0.05, 0) is 24.3 Å². The SMILES string of the molecule is COc1ccccc1-c1cnc(N/N=C(\c2ccccc2)c2ccccn2)s1. The fourth-order valence-corrected chi connectivity index (χ4v) is 3.56. The maximum Gasteiger partial charge on any atom is 0.203 e. The molecule has 0 radical (unpaired) electrons. The van der Waals surface area contributed by atoms with Crippen molar-refractivity contribution in [1.82, 2.24) is 9.97 Å². The molecule has 0 atom stereocenters. The van der Waals surface area contributed by atoms with E-state index >= 15 is 0 Å². The van der Waals surface area contributed by atoms with Crippen LogP contribution in [-0.4, -0.2) is 22.8 Å². The Kier molecular flexibility index (Phi) is 5.40. The van der Waals surface area contributed by atoms with Crippen LogP contribution in [0.3, 0.4) is 0 Å². The normalized spacial score (nSPS) is 11.2. The topological polar surface area (TPSA) is 59.4 Å². The first-order chi connectivity index (χ1) is 13.8. The van der Waals surface area contributed by atoms with Crippen molar-refractivity contribution in [2.45, 2.75) is 0 Å². The molecule has 0 saturated carbocycles. The number of nitrogens with one attached hydrogen (secondary N) is 1. The number of para-hydroxylation sites is 1. The van der Waals surface area contributed by atoms with E-state index in [1.54, 1.807) is 13.3 Å². The fourth-order valence-electron chi connectivity index (χ4n) is 2.77. The van der Waals surface area contributed by atoms with Gasteiger partial charge < -0.3 is 4.74 Å². The van der Waals surface area contributed by atoms with Crippen molar-refractivity contribution in [2.75, 3.05) is 12.5 Å². The Morgan fingerprint density at radius 3 is 2.50 bits per heavy atom. The predicted molar refractivity (Wildman–Crippen MR) is 114 cm³/mol. The number of rotatable bonds is 6. The van der Waals surface area contributed by atoms with Crippen molar-refractivity contribution in [3.63, 3.8) is 0 Å². The van der Waals surface area contributed by atoms with Crippen LogP contribution < -0.4 is 10.2 Å². The molecule has 4 aromatic rings. The summed E-state index contributed by atoms with van der Waals surface area (Å²) in [5.41, 5.74) is 6.63. The quantitative estimate of drug-likeness (QED) is 0.371. The molecule has 138 valence electrons. The van der Waals surface area contributed by atoms with Crippen molar-refractivity contribution in [3.05, 3.63) is 96.4 Å². The second-order valence-corrected chi connectivity index (χ2v) is 6.91. The molecule has 2 heterocycles. The molecule has 4 rings (SSSR count). The molecule has 0 spiro atoms. The van der Waals surface area contributed by atoms with Gasteiger partial charge in [-0.2, -0.15) is 5.10 Å². The molecule has 0 unspecified atom stereocenters. The Morgan fingerprint density at radius 2 is 1.71 bits per heavy atom. The van der Waals surface area contributed by atoms with E-state index in [-0.39, 0.29) is 0 Å². The van der Waals surface area contributed by atoms with Crippen molar-refractivity contribution in [1.29, 1.82) is 0 Å². The Hall–Kier alpha value is -3.51. The molecule has 5 nitrogen and oxygen atoms in total. The zero-order valence-corrected chi connectivity index (χ0v) is 16.1. The van der Waals surface area contributed by atoms with E-state index < -0.39 is 0 Å². The first-order valence-corrected chi connectivity index (χ1v) is 9.56. The van der Waals surface area contributed by atoms with E-state index in [9.17, 15) is 0 Å². The lowest BCUT2D eigenvalue weighted by Crippen LogP contribution is -2.08. The summed E-state index contributed by atoms with van der Waals surface area (Å²) < 4.78 is 5.45. The van der Waals surface area contributed by atoms with Crippen LogP contribution in [0, 0.1) is 0 Å². The third-order valence-electron chi connectivity index (χ3n) is 4.10. The Bertz CT molecular complexity index is 1040. The largest absolute Gasteiger partial charge is 0.496 e. The van der Waals surface area contributed by atoms with Gasteiger partial charge in [0.2, 0.25) is 5.13 Å². The number of nitrogens with zero attached hydrogens (tertiary/aromatic N) is 3. The minimum atomic E-state index is 0.699. The Balaban J connectivity index is 1.64. The number of hydrazone groups is 1. The molecule has 2 aromatic heterocycles. The molecule has 6 heteroatoms. The molecule has 0 saturated heterocycles. The maximum absolute atomic E-state index is 5.45. The number of methoxy groups -OCH3 is 1. The number of thiazole rings is 1. The first-order valence-electron chi connectivity index (χ1n) is 8.75. The summed E-state index contributed by atoms with van der Waals surface area (Å²) in [5.74, 6) is 0.819.